The molecule has 0 bridgehead atoms. The van der Waals surface area contributed by atoms with Gasteiger partial charge in [0, 0.05) is 0 Å². The van der Waals surface area contributed by atoms with Gasteiger partial charge < -0.3 is 10.1 Å². The van der Waals surface area contributed by atoms with E-state index < -0.39 is 0 Å². The number of likely N-dealkylation sites (N-methyl/N-ethyl adjacent to an activating group) is 1. The van der Waals surface area contributed by atoms with Crippen LogP contribution in [0.1, 0.15) is 5.56 Å². The van der Waals surface area contributed by atoms with Crippen LogP contribution in [0.3, 0.4) is 0 Å². The molecule has 0 saturated carbocycles. The number of ether oxygens (including phenoxy) is 1. The smallest absolute Gasteiger partial charge is 0.219 e. The maximum Gasteiger partial charge on any atom is 0.219 e. The average Bonchev–Trinajstić information content (AvgIpc) is 2.26. The predicted molar refractivity (Wildman–Crippen MR) is 54.6 cm³/mol. The zero-order valence-electron chi connectivity index (χ0n) is 8.19. The van der Waals surface area contributed by atoms with Crippen LogP contribution in [0, 0.1) is 0 Å². The van der Waals surface area contributed by atoms with Crippen molar-refractivity contribution in [2.45, 2.75) is 12.6 Å². The first-order valence-electron chi connectivity index (χ1n) is 4.53. The molecule has 3 nitrogen and oxygen atoms in total. The van der Waals surface area contributed by atoms with Crippen molar-refractivity contribution in [2.24, 2.45) is 0 Å². The lowest BCUT2D eigenvalue weighted by Gasteiger charge is -2.08. The summed E-state index contributed by atoms with van der Waals surface area (Å²) in [5.74, 6) is 0. The van der Waals surface area contributed by atoms with Gasteiger partial charge in [-0.15, -0.1) is 0 Å². The van der Waals surface area contributed by atoms with Gasteiger partial charge in [-0.3, -0.25) is 4.79 Å². The van der Waals surface area contributed by atoms with Crippen molar-refractivity contribution in [1.82, 2.24) is 5.32 Å². The van der Waals surface area contributed by atoms with E-state index in [-0.39, 0.29) is 6.04 Å². The molecule has 0 unspecified atom stereocenters. The standard InChI is InChI=1S/C11H14NO2/c1-12-11(7-13)9-14-8-10-5-3-2-4-6-10/h2-6,11-12H,8-9H2,1H3/t11-/m1/s1. The third-order valence-electron chi connectivity index (χ3n) is 1.89. The summed E-state index contributed by atoms with van der Waals surface area (Å²) < 4.78 is 5.34. The minimum absolute atomic E-state index is 0.335. The molecule has 1 aromatic rings. The Balaban J connectivity index is 2.25. The second kappa shape index (κ2) is 6.29. The molecule has 1 radical (unpaired) electrons. The van der Waals surface area contributed by atoms with Crippen LogP contribution in [0.5, 0.6) is 0 Å². The van der Waals surface area contributed by atoms with E-state index in [0.29, 0.717) is 13.2 Å². The molecule has 0 heterocycles. The molecule has 14 heavy (non-hydrogen) atoms. The number of nitrogens with one attached hydrogen (secondary N) is 1. The Morgan fingerprint density at radius 3 is 2.71 bits per heavy atom. The summed E-state index contributed by atoms with van der Waals surface area (Å²) in [6, 6.07) is 9.51. The summed E-state index contributed by atoms with van der Waals surface area (Å²) in [4.78, 5) is 10.3. The first kappa shape index (κ1) is 10.9. The van der Waals surface area contributed by atoms with Gasteiger partial charge >= 0.3 is 0 Å². The molecule has 1 rings (SSSR count). The molecule has 0 aliphatic carbocycles. The lowest BCUT2D eigenvalue weighted by molar-refractivity contribution is 0.113. The van der Waals surface area contributed by atoms with Crippen molar-refractivity contribution < 1.29 is 9.53 Å². The molecular formula is C11H14NO2. The normalized spacial score (nSPS) is 12.4. The van der Waals surface area contributed by atoms with Gasteiger partial charge in [0.05, 0.1) is 19.3 Å². The van der Waals surface area contributed by atoms with Gasteiger partial charge in [0.1, 0.15) is 0 Å². The Morgan fingerprint density at radius 1 is 1.43 bits per heavy atom. The molecule has 1 aromatic carbocycles. The van der Waals surface area contributed by atoms with Crippen molar-refractivity contribution in [3.05, 3.63) is 35.9 Å². The second-order valence-electron chi connectivity index (χ2n) is 2.96. The maximum absolute atomic E-state index is 10.3. The van der Waals surface area contributed by atoms with Crippen LogP contribution in [-0.2, 0) is 16.1 Å². The molecule has 1 N–H and O–H groups in total. The van der Waals surface area contributed by atoms with E-state index in [1.807, 2.05) is 36.6 Å². The molecule has 75 valence electrons. The van der Waals surface area contributed by atoms with Crippen LogP contribution in [0.25, 0.3) is 0 Å². The molecule has 0 fully saturated rings. The molecule has 0 saturated heterocycles. The van der Waals surface area contributed by atoms with Gasteiger partial charge in [0.25, 0.3) is 0 Å². The highest BCUT2D eigenvalue weighted by Crippen LogP contribution is 2.00. The Labute approximate surface area is 84.1 Å². The van der Waals surface area contributed by atoms with Crippen molar-refractivity contribution in [3.63, 3.8) is 0 Å². The number of hydrogen-bond donors (Lipinski definition) is 1. The third kappa shape index (κ3) is 3.68. The summed E-state index contributed by atoms with van der Waals surface area (Å²) in [5.41, 5.74) is 1.10. The second-order valence-corrected chi connectivity index (χ2v) is 2.96. The lowest BCUT2D eigenvalue weighted by atomic mass is 10.2. The fourth-order valence-corrected chi connectivity index (χ4v) is 1.05. The largest absolute Gasteiger partial charge is 0.375 e. The first-order chi connectivity index (χ1) is 6.86. The monoisotopic (exact) mass is 192 g/mol. The average molecular weight is 192 g/mol. The Hall–Kier alpha value is -1.19. The highest BCUT2D eigenvalue weighted by Gasteiger charge is 2.04. The number of carbonyl (C=O) groups excluding carboxylic acids is 1. The van der Waals surface area contributed by atoms with E-state index in [9.17, 15) is 4.79 Å². The molecule has 0 aliphatic rings. The fourth-order valence-electron chi connectivity index (χ4n) is 1.05. The highest BCUT2D eigenvalue weighted by atomic mass is 16.5. The Kier molecular flexibility index (Phi) is 4.89. The van der Waals surface area contributed by atoms with Crippen molar-refractivity contribution in [1.29, 1.82) is 0 Å². The van der Waals surface area contributed by atoms with Crippen LogP contribution >= 0.6 is 0 Å². The van der Waals surface area contributed by atoms with E-state index in [1.165, 1.54) is 0 Å². The van der Waals surface area contributed by atoms with Gasteiger partial charge in [-0.25, -0.2) is 0 Å². The summed E-state index contributed by atoms with van der Waals surface area (Å²) in [7, 11) is 1.71. The number of hydrogen-bond acceptors (Lipinski definition) is 3. The number of benzene rings is 1. The SMILES string of the molecule is CN[C@H]([C]=O)COCc1ccccc1. The minimum Gasteiger partial charge on any atom is -0.375 e. The zero-order valence-corrected chi connectivity index (χ0v) is 8.19. The summed E-state index contributed by atoms with van der Waals surface area (Å²) in [6.45, 7) is 0.885. The van der Waals surface area contributed by atoms with E-state index in [0.717, 1.165) is 5.56 Å². The topological polar surface area (TPSA) is 38.3 Å². The van der Waals surface area contributed by atoms with Crippen molar-refractivity contribution in [3.8, 4) is 0 Å². The summed E-state index contributed by atoms with van der Waals surface area (Å²) in [6.07, 6.45) is 1.85. The Bertz CT molecular complexity index is 261. The van der Waals surface area contributed by atoms with Crippen molar-refractivity contribution in [2.75, 3.05) is 13.7 Å². The molecule has 0 aromatic heterocycles. The fraction of sp³-hybridized carbons (Fsp3) is 0.364. The lowest BCUT2D eigenvalue weighted by Crippen LogP contribution is -2.31. The van der Waals surface area contributed by atoms with Gasteiger partial charge in [-0.05, 0) is 12.6 Å². The quantitative estimate of drug-likeness (QED) is 0.727. The van der Waals surface area contributed by atoms with E-state index in [2.05, 4.69) is 5.32 Å². The summed E-state index contributed by atoms with van der Waals surface area (Å²) in [5, 5.41) is 2.79. The molecule has 3 heteroatoms. The molecule has 0 aliphatic heterocycles. The van der Waals surface area contributed by atoms with Crippen LogP contribution in [-0.4, -0.2) is 26.0 Å². The van der Waals surface area contributed by atoms with Crippen LogP contribution in [0.15, 0.2) is 30.3 Å². The van der Waals surface area contributed by atoms with E-state index in [1.54, 1.807) is 7.05 Å². The minimum atomic E-state index is -0.335. The number of rotatable bonds is 6. The third-order valence-corrected chi connectivity index (χ3v) is 1.89. The summed E-state index contributed by atoms with van der Waals surface area (Å²) >= 11 is 0. The Morgan fingerprint density at radius 2 is 2.14 bits per heavy atom. The zero-order chi connectivity index (χ0) is 10.2. The predicted octanol–water partition coefficient (Wildman–Crippen LogP) is 0.901. The van der Waals surface area contributed by atoms with Gasteiger partial charge in [0.2, 0.25) is 6.29 Å². The van der Waals surface area contributed by atoms with Gasteiger partial charge in [-0.2, -0.15) is 0 Å². The van der Waals surface area contributed by atoms with Crippen LogP contribution < -0.4 is 5.32 Å². The molecule has 0 amide bonds. The van der Waals surface area contributed by atoms with Gasteiger partial charge in [0.15, 0.2) is 0 Å². The van der Waals surface area contributed by atoms with E-state index >= 15 is 0 Å². The van der Waals surface area contributed by atoms with E-state index in [4.69, 9.17) is 4.74 Å². The first-order valence-corrected chi connectivity index (χ1v) is 4.53. The van der Waals surface area contributed by atoms with Crippen LogP contribution in [0.2, 0.25) is 0 Å². The van der Waals surface area contributed by atoms with Crippen LogP contribution in [0.4, 0.5) is 0 Å². The van der Waals surface area contributed by atoms with Gasteiger partial charge in [-0.1, -0.05) is 30.3 Å². The highest BCUT2D eigenvalue weighted by molar-refractivity contribution is 5.58. The molecule has 0 spiro atoms. The maximum atomic E-state index is 10.3. The van der Waals surface area contributed by atoms with Crippen molar-refractivity contribution >= 4 is 6.29 Å². The molecule has 1 atom stereocenters. The molecular weight excluding hydrogens is 178 g/mol.